The topological polar surface area (TPSA) is 84.9 Å². The molecule has 3 aromatic carbocycles. The molecule has 6 nitrogen and oxygen atoms in total. The van der Waals surface area contributed by atoms with Crippen LogP contribution in [0.25, 0.3) is 0 Å². The van der Waals surface area contributed by atoms with Crippen LogP contribution in [0.3, 0.4) is 0 Å². The highest BCUT2D eigenvalue weighted by Gasteiger charge is 2.28. The molecule has 0 fully saturated rings. The van der Waals surface area contributed by atoms with Gasteiger partial charge in [-0.1, -0.05) is 60.8 Å². The van der Waals surface area contributed by atoms with Crippen LogP contribution in [-0.4, -0.2) is 30.6 Å². The Bertz CT molecular complexity index is 1220. The van der Waals surface area contributed by atoms with Gasteiger partial charge in [0.25, 0.3) is 5.91 Å². The van der Waals surface area contributed by atoms with E-state index in [0.717, 1.165) is 24.0 Å². The van der Waals surface area contributed by atoms with Crippen LogP contribution in [0.5, 0.6) is 11.5 Å². The lowest BCUT2D eigenvalue weighted by molar-refractivity contribution is -0.136. The Balaban J connectivity index is 1.97. The van der Waals surface area contributed by atoms with Crippen LogP contribution in [0.2, 0.25) is 10.0 Å². The standard InChI is InChI=1S/C28H28Cl2FNO5/c1-3-4-22(17-5-7-19(8-6-17)28(35)32-14-13-25(33)34)27(18-9-11-20(29)12-10-18)37-24-16-21(31)15-23(36-2)26(24)30/h5-12,15-16,22,27H,3-4,13-14H2,1-2H3,(H,32,35)(H,33,34)/t22-,27+/m1/s1. The summed E-state index contributed by atoms with van der Waals surface area (Å²) in [5.74, 6) is -1.76. The molecule has 3 rings (SSSR count). The van der Waals surface area contributed by atoms with Crippen molar-refractivity contribution >= 4 is 35.1 Å². The minimum Gasteiger partial charge on any atom is -0.495 e. The second-order valence-electron chi connectivity index (χ2n) is 8.43. The molecule has 0 aliphatic heterocycles. The fourth-order valence-corrected chi connectivity index (χ4v) is 4.37. The summed E-state index contributed by atoms with van der Waals surface area (Å²) in [7, 11) is 1.40. The van der Waals surface area contributed by atoms with Gasteiger partial charge in [-0.15, -0.1) is 0 Å². The predicted molar refractivity (Wildman–Crippen MR) is 141 cm³/mol. The number of ether oxygens (including phenoxy) is 2. The fraction of sp³-hybridized carbons (Fsp3) is 0.286. The average molecular weight is 548 g/mol. The molecule has 196 valence electrons. The van der Waals surface area contributed by atoms with Crippen molar-refractivity contribution in [3.05, 3.63) is 93.2 Å². The summed E-state index contributed by atoms with van der Waals surface area (Å²) in [6.07, 6.45) is 0.837. The summed E-state index contributed by atoms with van der Waals surface area (Å²) in [5.41, 5.74) is 2.13. The maximum absolute atomic E-state index is 14.3. The van der Waals surface area contributed by atoms with E-state index in [1.54, 1.807) is 24.3 Å². The number of carboxylic acid groups (broad SMARTS) is 1. The molecule has 9 heteroatoms. The number of hydrogen-bond donors (Lipinski definition) is 2. The number of carboxylic acids is 1. The van der Waals surface area contributed by atoms with Crippen molar-refractivity contribution in [2.24, 2.45) is 0 Å². The molecule has 2 atom stereocenters. The van der Waals surface area contributed by atoms with Crippen LogP contribution in [0.15, 0.2) is 60.7 Å². The summed E-state index contributed by atoms with van der Waals surface area (Å²) in [6.45, 7) is 2.09. The summed E-state index contributed by atoms with van der Waals surface area (Å²) in [6, 6.07) is 16.7. The van der Waals surface area contributed by atoms with E-state index in [2.05, 4.69) is 5.32 Å². The zero-order valence-corrected chi connectivity index (χ0v) is 22.0. The molecule has 0 aromatic heterocycles. The van der Waals surface area contributed by atoms with Crippen LogP contribution >= 0.6 is 23.2 Å². The van der Waals surface area contributed by atoms with Crippen molar-refractivity contribution in [1.29, 1.82) is 0 Å². The molecular formula is C28H28Cl2FNO5. The molecule has 0 saturated heterocycles. The lowest BCUT2D eigenvalue weighted by Gasteiger charge is -2.29. The molecule has 0 bridgehead atoms. The number of carbonyl (C=O) groups excluding carboxylic acids is 1. The average Bonchev–Trinajstić information content (AvgIpc) is 2.88. The van der Waals surface area contributed by atoms with Gasteiger partial charge in [0.2, 0.25) is 0 Å². The highest BCUT2D eigenvalue weighted by Crippen LogP contribution is 2.43. The summed E-state index contributed by atoms with van der Waals surface area (Å²) in [5, 5.41) is 12.1. The van der Waals surface area contributed by atoms with Gasteiger partial charge >= 0.3 is 5.97 Å². The maximum atomic E-state index is 14.3. The van der Waals surface area contributed by atoms with E-state index in [-0.39, 0.29) is 41.3 Å². The van der Waals surface area contributed by atoms with Gasteiger partial charge in [-0.25, -0.2) is 4.39 Å². The first-order valence-corrected chi connectivity index (χ1v) is 12.5. The first kappa shape index (κ1) is 28.3. The number of halogens is 3. The highest BCUT2D eigenvalue weighted by atomic mass is 35.5. The zero-order valence-electron chi connectivity index (χ0n) is 20.5. The summed E-state index contributed by atoms with van der Waals surface area (Å²) >= 11 is 12.6. The van der Waals surface area contributed by atoms with Crippen molar-refractivity contribution in [3.63, 3.8) is 0 Å². The molecular weight excluding hydrogens is 520 g/mol. The first-order valence-electron chi connectivity index (χ1n) is 11.8. The van der Waals surface area contributed by atoms with Crippen LogP contribution in [0, 0.1) is 5.82 Å². The number of hydrogen-bond acceptors (Lipinski definition) is 4. The maximum Gasteiger partial charge on any atom is 0.305 e. The highest BCUT2D eigenvalue weighted by molar-refractivity contribution is 6.33. The van der Waals surface area contributed by atoms with Gasteiger partial charge in [-0.3, -0.25) is 9.59 Å². The van der Waals surface area contributed by atoms with Crippen LogP contribution in [0.4, 0.5) is 4.39 Å². The summed E-state index contributed by atoms with van der Waals surface area (Å²) in [4.78, 5) is 23.1. The van der Waals surface area contributed by atoms with Gasteiger partial charge < -0.3 is 19.9 Å². The van der Waals surface area contributed by atoms with E-state index in [9.17, 15) is 14.0 Å². The Hall–Kier alpha value is -3.29. The lowest BCUT2D eigenvalue weighted by Crippen LogP contribution is -2.26. The van der Waals surface area contributed by atoms with E-state index >= 15 is 0 Å². The Kier molecular flexibility index (Phi) is 10.2. The Morgan fingerprint density at radius 1 is 1.00 bits per heavy atom. The Morgan fingerprint density at radius 3 is 2.22 bits per heavy atom. The van der Waals surface area contributed by atoms with E-state index in [1.807, 2.05) is 31.2 Å². The van der Waals surface area contributed by atoms with Gasteiger partial charge in [-0.2, -0.15) is 0 Å². The predicted octanol–water partition coefficient (Wildman–Crippen LogP) is 7.05. The number of carbonyl (C=O) groups is 2. The van der Waals surface area contributed by atoms with Crippen molar-refractivity contribution in [3.8, 4) is 11.5 Å². The third-order valence-corrected chi connectivity index (χ3v) is 6.46. The third kappa shape index (κ3) is 7.60. The summed E-state index contributed by atoms with van der Waals surface area (Å²) < 4.78 is 25.9. The first-order chi connectivity index (χ1) is 17.7. The van der Waals surface area contributed by atoms with Crippen LogP contribution in [0.1, 0.15) is 59.7 Å². The molecule has 2 N–H and O–H groups in total. The number of benzene rings is 3. The van der Waals surface area contributed by atoms with Crippen LogP contribution < -0.4 is 14.8 Å². The number of aliphatic carboxylic acids is 1. The van der Waals surface area contributed by atoms with E-state index in [1.165, 1.54) is 19.2 Å². The van der Waals surface area contributed by atoms with E-state index < -0.39 is 17.9 Å². The van der Waals surface area contributed by atoms with Crippen molar-refractivity contribution in [1.82, 2.24) is 5.32 Å². The molecule has 0 heterocycles. The van der Waals surface area contributed by atoms with E-state index in [4.69, 9.17) is 37.8 Å². The fourth-order valence-electron chi connectivity index (χ4n) is 4.02. The molecule has 0 saturated carbocycles. The smallest absolute Gasteiger partial charge is 0.305 e. The Labute approximate surface area is 225 Å². The molecule has 0 spiro atoms. The molecule has 3 aromatic rings. The van der Waals surface area contributed by atoms with Crippen LogP contribution in [-0.2, 0) is 4.79 Å². The molecule has 37 heavy (non-hydrogen) atoms. The second kappa shape index (κ2) is 13.3. The van der Waals surface area contributed by atoms with Gasteiger partial charge in [0.15, 0.2) is 0 Å². The minimum atomic E-state index is -0.984. The molecule has 0 radical (unpaired) electrons. The van der Waals surface area contributed by atoms with Crippen molar-refractivity contribution in [2.45, 2.75) is 38.2 Å². The zero-order chi connectivity index (χ0) is 26.9. The normalized spacial score (nSPS) is 12.5. The van der Waals surface area contributed by atoms with Crippen molar-refractivity contribution in [2.75, 3.05) is 13.7 Å². The number of rotatable bonds is 12. The van der Waals surface area contributed by atoms with Gasteiger partial charge in [-0.05, 0) is 41.8 Å². The molecule has 0 aliphatic carbocycles. The minimum absolute atomic E-state index is 0.0404. The van der Waals surface area contributed by atoms with E-state index in [0.29, 0.717) is 10.6 Å². The Morgan fingerprint density at radius 2 is 1.62 bits per heavy atom. The van der Waals surface area contributed by atoms with Gasteiger partial charge in [0, 0.05) is 35.2 Å². The van der Waals surface area contributed by atoms with Gasteiger partial charge in [0.1, 0.15) is 28.4 Å². The SMILES string of the molecule is CCC[C@H](c1ccc(C(=O)NCCC(=O)O)cc1)[C@@H](Oc1cc(F)cc(OC)c1Cl)c1ccc(Cl)cc1. The monoisotopic (exact) mass is 547 g/mol. The van der Waals surface area contributed by atoms with Crippen molar-refractivity contribution < 1.29 is 28.6 Å². The molecule has 1 amide bonds. The van der Waals surface area contributed by atoms with Gasteiger partial charge in [0.05, 0.1) is 13.5 Å². The number of methoxy groups -OCH3 is 1. The third-order valence-electron chi connectivity index (χ3n) is 5.83. The molecule has 0 aliphatic rings. The molecule has 0 unspecified atom stereocenters. The largest absolute Gasteiger partial charge is 0.495 e. The number of amides is 1. The lowest BCUT2D eigenvalue weighted by atomic mass is 9.85. The number of nitrogens with one attached hydrogen (secondary N) is 1. The second-order valence-corrected chi connectivity index (χ2v) is 9.24. The quantitative estimate of drug-likeness (QED) is 0.253.